The zero-order valence-corrected chi connectivity index (χ0v) is 12.6. The van der Waals surface area contributed by atoms with Gasteiger partial charge in [-0.2, -0.15) is 0 Å². The molecule has 0 heterocycles. The minimum Gasteiger partial charge on any atom is -0.480 e. The minimum atomic E-state index is -0.989. The van der Waals surface area contributed by atoms with Crippen LogP contribution in [0.15, 0.2) is 28.7 Å². The van der Waals surface area contributed by atoms with Crippen LogP contribution in [-0.4, -0.2) is 23.0 Å². The minimum absolute atomic E-state index is 0.0936. The van der Waals surface area contributed by atoms with Crippen LogP contribution >= 0.6 is 15.9 Å². The summed E-state index contributed by atoms with van der Waals surface area (Å²) in [4.78, 5) is 23.0. The van der Waals surface area contributed by atoms with Crippen molar-refractivity contribution in [1.29, 1.82) is 0 Å². The van der Waals surface area contributed by atoms with Gasteiger partial charge in [0.2, 0.25) is 5.91 Å². The summed E-state index contributed by atoms with van der Waals surface area (Å²) in [7, 11) is 0. The number of carboxylic acids is 1. The number of carbonyl (C=O) groups excluding carboxylic acids is 1. The SMILES string of the molecule is CCC(C)[C@H](NC(=O)Cc1cccc(Br)c1)C(=O)O. The maximum Gasteiger partial charge on any atom is 0.326 e. The molecule has 2 atom stereocenters. The number of carboxylic acid groups (broad SMARTS) is 1. The summed E-state index contributed by atoms with van der Waals surface area (Å²) < 4.78 is 0.898. The maximum atomic E-state index is 11.9. The summed E-state index contributed by atoms with van der Waals surface area (Å²) in [5.74, 6) is -1.35. The van der Waals surface area contributed by atoms with Crippen molar-refractivity contribution in [3.63, 3.8) is 0 Å². The van der Waals surface area contributed by atoms with E-state index in [1.807, 2.05) is 38.1 Å². The lowest BCUT2D eigenvalue weighted by Gasteiger charge is -2.20. The van der Waals surface area contributed by atoms with Crippen molar-refractivity contribution in [2.45, 2.75) is 32.7 Å². The van der Waals surface area contributed by atoms with Crippen LogP contribution in [0.4, 0.5) is 0 Å². The normalized spacial score (nSPS) is 13.6. The van der Waals surface area contributed by atoms with E-state index >= 15 is 0 Å². The summed E-state index contributed by atoms with van der Waals surface area (Å²) in [5, 5.41) is 11.7. The van der Waals surface area contributed by atoms with Gasteiger partial charge < -0.3 is 10.4 Å². The van der Waals surface area contributed by atoms with Crippen molar-refractivity contribution in [2.24, 2.45) is 5.92 Å². The van der Waals surface area contributed by atoms with Gasteiger partial charge in [-0.3, -0.25) is 4.79 Å². The molecule has 0 spiro atoms. The van der Waals surface area contributed by atoms with Crippen LogP contribution in [0.3, 0.4) is 0 Å². The Labute approximate surface area is 121 Å². The van der Waals surface area contributed by atoms with Gasteiger partial charge >= 0.3 is 5.97 Å². The molecule has 0 radical (unpaired) electrons. The van der Waals surface area contributed by atoms with Gasteiger partial charge in [0.1, 0.15) is 6.04 Å². The number of nitrogens with one attached hydrogen (secondary N) is 1. The van der Waals surface area contributed by atoms with Gasteiger partial charge in [0, 0.05) is 4.47 Å². The number of carbonyl (C=O) groups is 2. The standard InChI is InChI=1S/C14H18BrNO3/c1-3-9(2)13(14(18)19)16-12(17)8-10-5-4-6-11(15)7-10/h4-7,9,13H,3,8H2,1-2H3,(H,16,17)(H,18,19)/t9?,13-/m0/s1. The van der Waals surface area contributed by atoms with Crippen LogP contribution in [0, 0.1) is 5.92 Å². The van der Waals surface area contributed by atoms with Gasteiger partial charge in [-0.05, 0) is 23.6 Å². The molecular formula is C14H18BrNO3. The number of hydrogen-bond donors (Lipinski definition) is 2. The molecule has 19 heavy (non-hydrogen) atoms. The second-order valence-electron chi connectivity index (χ2n) is 4.58. The van der Waals surface area contributed by atoms with Crippen molar-refractivity contribution >= 4 is 27.8 Å². The second-order valence-corrected chi connectivity index (χ2v) is 5.49. The molecule has 0 aliphatic heterocycles. The largest absolute Gasteiger partial charge is 0.480 e. The monoisotopic (exact) mass is 327 g/mol. The van der Waals surface area contributed by atoms with Gasteiger partial charge in [0.05, 0.1) is 6.42 Å². The Balaban J connectivity index is 2.65. The van der Waals surface area contributed by atoms with E-state index < -0.39 is 12.0 Å². The van der Waals surface area contributed by atoms with Crippen LogP contribution in [0.5, 0.6) is 0 Å². The van der Waals surface area contributed by atoms with Gasteiger partial charge in [0.15, 0.2) is 0 Å². The van der Waals surface area contributed by atoms with Crippen LogP contribution in [0.25, 0.3) is 0 Å². The Morgan fingerprint density at radius 2 is 2.11 bits per heavy atom. The molecule has 1 unspecified atom stereocenters. The number of amides is 1. The van der Waals surface area contributed by atoms with E-state index in [0.29, 0.717) is 6.42 Å². The topological polar surface area (TPSA) is 66.4 Å². The van der Waals surface area contributed by atoms with E-state index in [0.717, 1.165) is 10.0 Å². The Bertz CT molecular complexity index is 462. The van der Waals surface area contributed by atoms with E-state index in [4.69, 9.17) is 5.11 Å². The molecule has 5 heteroatoms. The van der Waals surface area contributed by atoms with Crippen LogP contribution < -0.4 is 5.32 Å². The highest BCUT2D eigenvalue weighted by atomic mass is 79.9. The van der Waals surface area contributed by atoms with Crippen LogP contribution in [0.1, 0.15) is 25.8 Å². The number of rotatable bonds is 6. The molecule has 1 amide bonds. The molecule has 0 bridgehead atoms. The molecule has 1 aromatic carbocycles. The summed E-state index contributed by atoms with van der Waals surface area (Å²) in [5.41, 5.74) is 0.847. The summed E-state index contributed by atoms with van der Waals surface area (Å²) >= 11 is 3.33. The Kier molecular flexibility index (Phi) is 6.02. The Morgan fingerprint density at radius 3 is 2.63 bits per heavy atom. The van der Waals surface area contributed by atoms with E-state index in [9.17, 15) is 9.59 Å². The number of halogens is 1. The van der Waals surface area contributed by atoms with Crippen LogP contribution in [-0.2, 0) is 16.0 Å². The van der Waals surface area contributed by atoms with Gasteiger partial charge in [-0.1, -0.05) is 48.3 Å². The van der Waals surface area contributed by atoms with Crippen molar-refractivity contribution in [3.05, 3.63) is 34.3 Å². The lowest BCUT2D eigenvalue weighted by Crippen LogP contribution is -2.45. The first-order valence-electron chi connectivity index (χ1n) is 6.20. The third kappa shape index (κ3) is 5.03. The van der Waals surface area contributed by atoms with Crippen LogP contribution in [0.2, 0.25) is 0 Å². The highest BCUT2D eigenvalue weighted by Gasteiger charge is 2.25. The molecule has 2 N–H and O–H groups in total. The van der Waals surface area contributed by atoms with Crippen molar-refractivity contribution < 1.29 is 14.7 Å². The first-order valence-corrected chi connectivity index (χ1v) is 7.00. The maximum absolute atomic E-state index is 11.9. The number of aliphatic carboxylic acids is 1. The lowest BCUT2D eigenvalue weighted by molar-refractivity contribution is -0.143. The van der Waals surface area contributed by atoms with E-state index in [2.05, 4.69) is 21.2 Å². The molecule has 0 saturated heterocycles. The number of hydrogen-bond acceptors (Lipinski definition) is 2. The van der Waals surface area contributed by atoms with E-state index in [1.54, 1.807) is 0 Å². The first kappa shape index (κ1) is 15.7. The molecule has 1 rings (SSSR count). The highest BCUT2D eigenvalue weighted by Crippen LogP contribution is 2.13. The second kappa shape index (κ2) is 7.28. The fourth-order valence-electron chi connectivity index (χ4n) is 1.74. The predicted octanol–water partition coefficient (Wildman–Crippen LogP) is 2.61. The molecule has 0 saturated carbocycles. The smallest absolute Gasteiger partial charge is 0.326 e. The molecule has 4 nitrogen and oxygen atoms in total. The summed E-state index contributed by atoms with van der Waals surface area (Å²) in [6.45, 7) is 3.72. The third-order valence-electron chi connectivity index (χ3n) is 3.05. The van der Waals surface area contributed by atoms with E-state index in [1.165, 1.54) is 0 Å². The number of benzene rings is 1. The first-order chi connectivity index (χ1) is 8.93. The summed E-state index contributed by atoms with van der Waals surface area (Å²) in [6.07, 6.45) is 0.883. The average Bonchev–Trinajstić information content (AvgIpc) is 2.34. The zero-order chi connectivity index (χ0) is 14.4. The van der Waals surface area contributed by atoms with E-state index in [-0.39, 0.29) is 18.2 Å². The highest BCUT2D eigenvalue weighted by molar-refractivity contribution is 9.10. The van der Waals surface area contributed by atoms with Crippen molar-refractivity contribution in [3.8, 4) is 0 Å². The van der Waals surface area contributed by atoms with Gasteiger partial charge in [-0.25, -0.2) is 4.79 Å². The third-order valence-corrected chi connectivity index (χ3v) is 3.54. The average molecular weight is 328 g/mol. The molecular weight excluding hydrogens is 310 g/mol. The van der Waals surface area contributed by atoms with Crippen molar-refractivity contribution in [2.75, 3.05) is 0 Å². The molecule has 1 aromatic rings. The van der Waals surface area contributed by atoms with Crippen molar-refractivity contribution in [1.82, 2.24) is 5.32 Å². The summed E-state index contributed by atoms with van der Waals surface area (Å²) in [6, 6.07) is 6.57. The fourth-order valence-corrected chi connectivity index (χ4v) is 2.19. The molecule has 0 aromatic heterocycles. The lowest BCUT2D eigenvalue weighted by atomic mass is 9.99. The molecule has 104 valence electrons. The zero-order valence-electron chi connectivity index (χ0n) is 11.0. The molecule has 0 fully saturated rings. The fraction of sp³-hybridized carbons (Fsp3) is 0.429. The van der Waals surface area contributed by atoms with Gasteiger partial charge in [0.25, 0.3) is 0 Å². The van der Waals surface area contributed by atoms with Gasteiger partial charge in [-0.15, -0.1) is 0 Å². The predicted molar refractivity (Wildman–Crippen MR) is 76.9 cm³/mol. The molecule has 0 aliphatic rings. The Hall–Kier alpha value is -1.36. The quantitative estimate of drug-likeness (QED) is 0.844. The Morgan fingerprint density at radius 1 is 1.42 bits per heavy atom. The molecule has 0 aliphatic carbocycles.